The molecule has 1 atom stereocenters. The van der Waals surface area contributed by atoms with Crippen LogP contribution in [-0.2, 0) is 4.74 Å². The molecule has 1 aliphatic rings. The highest BCUT2D eigenvalue weighted by Gasteiger charge is 2.25. The minimum absolute atomic E-state index is 0.174. The number of rotatable bonds is 4. The van der Waals surface area contributed by atoms with Crippen molar-refractivity contribution >= 4 is 0 Å². The van der Waals surface area contributed by atoms with Crippen LogP contribution in [0.4, 0.5) is 0 Å². The summed E-state index contributed by atoms with van der Waals surface area (Å²) in [5.74, 6) is 0.798. The van der Waals surface area contributed by atoms with Gasteiger partial charge in [0.1, 0.15) is 0 Å². The van der Waals surface area contributed by atoms with Gasteiger partial charge in [-0.3, -0.25) is 0 Å². The van der Waals surface area contributed by atoms with Gasteiger partial charge in [-0.2, -0.15) is 0 Å². The third-order valence-corrected chi connectivity index (χ3v) is 3.19. The van der Waals surface area contributed by atoms with Crippen LogP contribution < -0.4 is 5.73 Å². The van der Waals surface area contributed by atoms with Crippen molar-refractivity contribution in [3.8, 4) is 0 Å². The molecule has 1 saturated carbocycles. The molecule has 84 valence electrons. The molecule has 14 heavy (non-hydrogen) atoms. The predicted molar refractivity (Wildman–Crippen MR) is 60.2 cm³/mol. The molecule has 0 aromatic heterocycles. The van der Waals surface area contributed by atoms with Crippen LogP contribution >= 0.6 is 0 Å². The Balaban J connectivity index is 2.26. The zero-order valence-electron chi connectivity index (χ0n) is 9.88. The first-order valence-electron chi connectivity index (χ1n) is 5.85. The number of hydrogen-bond donors (Lipinski definition) is 1. The molecule has 0 aromatic carbocycles. The number of nitrogens with two attached hydrogens (primary N) is 1. The second kappa shape index (κ2) is 5.13. The van der Waals surface area contributed by atoms with Crippen LogP contribution in [0.5, 0.6) is 0 Å². The molecule has 1 aliphatic carbocycles. The van der Waals surface area contributed by atoms with Gasteiger partial charge < -0.3 is 10.5 Å². The Morgan fingerprint density at radius 2 is 1.86 bits per heavy atom. The zero-order valence-corrected chi connectivity index (χ0v) is 9.88. The van der Waals surface area contributed by atoms with Gasteiger partial charge in [-0.1, -0.05) is 33.6 Å². The van der Waals surface area contributed by atoms with Crippen molar-refractivity contribution in [1.29, 1.82) is 0 Å². The summed E-state index contributed by atoms with van der Waals surface area (Å²) >= 11 is 0. The first-order chi connectivity index (χ1) is 6.54. The van der Waals surface area contributed by atoms with E-state index in [1.165, 1.54) is 25.7 Å². The molecule has 0 radical (unpaired) electrons. The summed E-state index contributed by atoms with van der Waals surface area (Å²) in [6, 6.07) is 0. The number of hydrogen-bond acceptors (Lipinski definition) is 2. The Labute approximate surface area is 88.2 Å². The van der Waals surface area contributed by atoms with E-state index in [2.05, 4.69) is 20.8 Å². The van der Waals surface area contributed by atoms with Gasteiger partial charge in [-0.25, -0.2) is 0 Å². The first-order valence-corrected chi connectivity index (χ1v) is 5.85. The molecule has 0 amide bonds. The third-order valence-electron chi connectivity index (χ3n) is 3.19. The van der Waals surface area contributed by atoms with E-state index in [1.54, 1.807) is 0 Å². The van der Waals surface area contributed by atoms with Crippen molar-refractivity contribution in [2.75, 3.05) is 13.2 Å². The van der Waals surface area contributed by atoms with E-state index >= 15 is 0 Å². The lowest BCUT2D eigenvalue weighted by Gasteiger charge is -2.30. The molecule has 2 N–H and O–H groups in total. The summed E-state index contributed by atoms with van der Waals surface area (Å²) < 4.78 is 5.91. The maximum absolute atomic E-state index is 5.91. The summed E-state index contributed by atoms with van der Waals surface area (Å²) in [6.45, 7) is 8.13. The Hall–Kier alpha value is -0.0800. The summed E-state index contributed by atoms with van der Waals surface area (Å²) in [4.78, 5) is 0. The summed E-state index contributed by atoms with van der Waals surface area (Å²) in [5, 5.41) is 0. The average Bonchev–Trinajstić information content (AvgIpc) is 2.55. The summed E-state index contributed by atoms with van der Waals surface area (Å²) in [6.07, 6.45) is 5.68. The van der Waals surface area contributed by atoms with E-state index in [1.807, 2.05) is 0 Å². The van der Waals surface area contributed by atoms with Gasteiger partial charge in [0.15, 0.2) is 0 Å². The van der Waals surface area contributed by atoms with Crippen LogP contribution in [0, 0.1) is 11.3 Å². The van der Waals surface area contributed by atoms with Crippen LogP contribution in [-0.4, -0.2) is 19.3 Å². The maximum Gasteiger partial charge on any atom is 0.0745 e. The number of ether oxygens (including phenoxy) is 1. The monoisotopic (exact) mass is 199 g/mol. The molecule has 0 bridgehead atoms. The largest absolute Gasteiger partial charge is 0.376 e. The summed E-state index contributed by atoms with van der Waals surface area (Å²) in [7, 11) is 0. The van der Waals surface area contributed by atoms with Gasteiger partial charge in [0.2, 0.25) is 0 Å². The molecule has 1 fully saturated rings. The lowest BCUT2D eigenvalue weighted by molar-refractivity contribution is -0.0266. The van der Waals surface area contributed by atoms with Gasteiger partial charge in [0.25, 0.3) is 0 Å². The average molecular weight is 199 g/mol. The highest BCUT2D eigenvalue weighted by Crippen LogP contribution is 2.27. The Morgan fingerprint density at radius 1 is 1.29 bits per heavy atom. The topological polar surface area (TPSA) is 35.2 Å². The van der Waals surface area contributed by atoms with E-state index < -0.39 is 0 Å². The fraction of sp³-hybridized carbons (Fsp3) is 1.00. The molecule has 2 heteroatoms. The quantitative estimate of drug-likeness (QED) is 0.755. The fourth-order valence-corrected chi connectivity index (χ4v) is 2.10. The predicted octanol–water partition coefficient (Wildman–Crippen LogP) is 2.57. The van der Waals surface area contributed by atoms with E-state index in [0.29, 0.717) is 6.54 Å². The van der Waals surface area contributed by atoms with E-state index in [-0.39, 0.29) is 11.5 Å². The van der Waals surface area contributed by atoms with Crippen molar-refractivity contribution in [3.05, 3.63) is 0 Å². The van der Waals surface area contributed by atoms with E-state index in [4.69, 9.17) is 10.5 Å². The summed E-state index contributed by atoms with van der Waals surface area (Å²) in [5.41, 5.74) is 5.89. The van der Waals surface area contributed by atoms with Crippen LogP contribution in [0.25, 0.3) is 0 Å². The van der Waals surface area contributed by atoms with Gasteiger partial charge in [-0.15, -0.1) is 0 Å². The van der Waals surface area contributed by atoms with Gasteiger partial charge in [0.05, 0.1) is 6.10 Å². The molecule has 2 nitrogen and oxygen atoms in total. The smallest absolute Gasteiger partial charge is 0.0745 e. The van der Waals surface area contributed by atoms with Gasteiger partial charge >= 0.3 is 0 Å². The molecular weight excluding hydrogens is 174 g/mol. The minimum Gasteiger partial charge on any atom is -0.376 e. The highest BCUT2D eigenvalue weighted by atomic mass is 16.5. The molecule has 0 saturated heterocycles. The van der Waals surface area contributed by atoms with E-state index in [9.17, 15) is 0 Å². The van der Waals surface area contributed by atoms with Gasteiger partial charge in [-0.05, 0) is 24.2 Å². The van der Waals surface area contributed by atoms with Crippen LogP contribution in [0.1, 0.15) is 46.5 Å². The standard InChI is InChI=1S/C12H25NO/c1-12(2,3)11(8-13)14-9-10-6-4-5-7-10/h10-11H,4-9,13H2,1-3H3. The molecule has 0 heterocycles. The second-order valence-corrected chi connectivity index (χ2v) is 5.57. The minimum atomic E-state index is 0.174. The van der Waals surface area contributed by atoms with Crippen LogP contribution in [0.15, 0.2) is 0 Å². The van der Waals surface area contributed by atoms with Crippen molar-refractivity contribution in [3.63, 3.8) is 0 Å². The fourth-order valence-electron chi connectivity index (χ4n) is 2.10. The molecule has 0 aromatic rings. The Morgan fingerprint density at radius 3 is 2.29 bits per heavy atom. The lowest BCUT2D eigenvalue weighted by Crippen LogP contribution is -2.37. The third kappa shape index (κ3) is 3.58. The lowest BCUT2D eigenvalue weighted by atomic mass is 9.89. The van der Waals surface area contributed by atoms with Crippen molar-refractivity contribution in [1.82, 2.24) is 0 Å². The van der Waals surface area contributed by atoms with Crippen LogP contribution in [0.2, 0.25) is 0 Å². The molecule has 0 spiro atoms. The molecule has 1 rings (SSSR count). The molecule has 1 unspecified atom stereocenters. The van der Waals surface area contributed by atoms with Crippen molar-refractivity contribution in [2.45, 2.75) is 52.6 Å². The SMILES string of the molecule is CC(C)(C)C(CN)OCC1CCCC1. The van der Waals surface area contributed by atoms with Crippen molar-refractivity contribution in [2.24, 2.45) is 17.1 Å². The normalized spacial score (nSPS) is 21.4. The Kier molecular flexibility index (Phi) is 4.39. The van der Waals surface area contributed by atoms with Gasteiger partial charge in [0, 0.05) is 13.2 Å². The molecule has 0 aliphatic heterocycles. The van der Waals surface area contributed by atoms with E-state index in [0.717, 1.165) is 12.5 Å². The maximum atomic E-state index is 5.91. The zero-order chi connectivity index (χ0) is 10.6. The second-order valence-electron chi connectivity index (χ2n) is 5.57. The highest BCUT2D eigenvalue weighted by molar-refractivity contribution is 4.76. The Bertz CT molecular complexity index is 156. The first kappa shape index (κ1) is 12.0. The van der Waals surface area contributed by atoms with Crippen LogP contribution in [0.3, 0.4) is 0 Å². The van der Waals surface area contributed by atoms with Crippen molar-refractivity contribution < 1.29 is 4.74 Å². The molecular formula is C12H25NO.